The van der Waals surface area contributed by atoms with E-state index in [0.717, 1.165) is 12.8 Å². The number of nitrogens with one attached hydrogen (secondary N) is 1. The van der Waals surface area contributed by atoms with Gasteiger partial charge in [0.2, 0.25) is 0 Å². The van der Waals surface area contributed by atoms with E-state index in [0.29, 0.717) is 6.54 Å². The number of rotatable bonds is 5. The topological polar surface area (TPSA) is 35.1 Å². The van der Waals surface area contributed by atoms with Crippen molar-refractivity contribution in [1.82, 2.24) is 5.48 Å². The number of hydroxylamine groups is 1. The van der Waals surface area contributed by atoms with Gasteiger partial charge in [-0.1, -0.05) is 23.3 Å². The van der Waals surface area contributed by atoms with Crippen LogP contribution < -0.4 is 5.48 Å². The highest BCUT2D eigenvalue weighted by atomic mass is 16.5. The molecule has 0 rings (SSSR count). The quantitative estimate of drug-likeness (QED) is 0.506. The molecule has 0 fully saturated rings. The molecule has 0 amide bonds. The molecule has 0 aliphatic carbocycles. The van der Waals surface area contributed by atoms with Crippen molar-refractivity contribution < 1.29 is 0 Å². The summed E-state index contributed by atoms with van der Waals surface area (Å²) < 4.78 is 0. The maximum atomic E-state index is 9.91. The van der Waals surface area contributed by atoms with Crippen molar-refractivity contribution in [1.29, 1.82) is 0 Å². The van der Waals surface area contributed by atoms with Crippen LogP contribution in [0.25, 0.3) is 0 Å². The molecule has 0 radical (unpaired) electrons. The number of allylic oxidation sites excluding steroid dienone is 3. The first kappa shape index (κ1) is 11.4. The molecule has 0 unspecified atom stereocenters. The van der Waals surface area contributed by atoms with E-state index in [1.165, 1.54) is 11.1 Å². The van der Waals surface area contributed by atoms with E-state index >= 15 is 0 Å². The molecule has 0 saturated carbocycles. The molecule has 0 saturated heterocycles. The fraction of sp³-hybridized carbons (Fsp3) is 0.600. The molecule has 0 aliphatic heterocycles. The van der Waals surface area contributed by atoms with E-state index in [9.17, 15) is 5.21 Å². The normalized spacial score (nSPS) is 11.5. The Morgan fingerprint density at radius 3 is 2.42 bits per heavy atom. The van der Waals surface area contributed by atoms with Crippen molar-refractivity contribution in [2.75, 3.05) is 6.54 Å². The Balaban J connectivity index is 3.56. The second kappa shape index (κ2) is 7.07. The van der Waals surface area contributed by atoms with Gasteiger partial charge in [0.1, 0.15) is 0 Å². The van der Waals surface area contributed by atoms with E-state index in [4.69, 9.17) is 0 Å². The zero-order valence-electron chi connectivity index (χ0n) is 8.18. The van der Waals surface area contributed by atoms with Crippen LogP contribution in [0.3, 0.4) is 0 Å². The van der Waals surface area contributed by atoms with Crippen LogP contribution >= 0.6 is 0 Å². The van der Waals surface area contributed by atoms with E-state index in [1.54, 1.807) is 0 Å². The predicted octanol–water partition coefficient (Wildman–Crippen LogP) is 2.77. The van der Waals surface area contributed by atoms with Gasteiger partial charge in [0, 0.05) is 6.54 Å². The molecule has 0 aromatic carbocycles. The van der Waals surface area contributed by atoms with Crippen molar-refractivity contribution in [2.45, 2.75) is 33.6 Å². The van der Waals surface area contributed by atoms with Gasteiger partial charge in [-0.2, -0.15) is 0 Å². The van der Waals surface area contributed by atoms with Gasteiger partial charge in [-0.15, -0.1) is 0 Å². The number of hydrogen-bond acceptors (Lipinski definition) is 2. The summed E-state index contributed by atoms with van der Waals surface area (Å²) >= 11 is 0. The van der Waals surface area contributed by atoms with Crippen molar-refractivity contribution in [2.24, 2.45) is 0 Å². The van der Waals surface area contributed by atoms with Crippen molar-refractivity contribution in [3.63, 3.8) is 0 Å². The average Bonchev–Trinajstić information content (AvgIpc) is 2.00. The van der Waals surface area contributed by atoms with Gasteiger partial charge < -0.3 is 10.7 Å². The maximum Gasteiger partial charge on any atom is 0.00197 e. The summed E-state index contributed by atoms with van der Waals surface area (Å²) in [5.41, 5.74) is 4.48. The highest BCUT2D eigenvalue weighted by Gasteiger charge is 1.86. The smallest absolute Gasteiger partial charge is 0.00197 e. The van der Waals surface area contributed by atoms with E-state index in [1.807, 2.05) is 11.6 Å². The summed E-state index contributed by atoms with van der Waals surface area (Å²) in [4.78, 5) is 0. The minimum atomic E-state index is 0.431. The molecule has 2 heteroatoms. The first-order valence-corrected chi connectivity index (χ1v) is 4.31. The van der Waals surface area contributed by atoms with Crippen LogP contribution in [0.15, 0.2) is 23.3 Å². The Morgan fingerprint density at radius 2 is 1.92 bits per heavy atom. The standard InChI is InChI=1S/C10H18NO/c1-9(2)5-4-6-10(3)7-8-11-12/h5,7,11H,4,6,8H2,1-3H3/q-1. The van der Waals surface area contributed by atoms with Crippen LogP contribution in [0, 0.1) is 5.21 Å². The van der Waals surface area contributed by atoms with Gasteiger partial charge in [-0.25, -0.2) is 0 Å². The average molecular weight is 168 g/mol. The van der Waals surface area contributed by atoms with E-state index in [-0.39, 0.29) is 0 Å². The van der Waals surface area contributed by atoms with Crippen LogP contribution in [-0.2, 0) is 0 Å². The Labute approximate surface area is 74.9 Å². The molecule has 0 atom stereocenters. The van der Waals surface area contributed by atoms with E-state index in [2.05, 4.69) is 26.8 Å². The third-order valence-corrected chi connectivity index (χ3v) is 1.63. The minimum absolute atomic E-state index is 0.431. The van der Waals surface area contributed by atoms with Gasteiger partial charge >= 0.3 is 0 Å². The lowest BCUT2D eigenvalue weighted by Gasteiger charge is -2.03. The highest BCUT2D eigenvalue weighted by molar-refractivity contribution is 5.02. The van der Waals surface area contributed by atoms with Gasteiger partial charge in [0.05, 0.1) is 0 Å². The minimum Gasteiger partial charge on any atom is -0.788 e. The fourth-order valence-electron chi connectivity index (χ4n) is 0.906. The van der Waals surface area contributed by atoms with Crippen LogP contribution in [0.4, 0.5) is 0 Å². The largest absolute Gasteiger partial charge is 0.788 e. The van der Waals surface area contributed by atoms with Crippen LogP contribution in [0.2, 0.25) is 0 Å². The fourth-order valence-corrected chi connectivity index (χ4v) is 0.906. The Kier molecular flexibility index (Phi) is 6.72. The Morgan fingerprint density at radius 1 is 1.25 bits per heavy atom. The van der Waals surface area contributed by atoms with Gasteiger partial charge in [-0.3, -0.25) is 0 Å². The Hall–Kier alpha value is -0.600. The van der Waals surface area contributed by atoms with Gasteiger partial charge in [-0.05, 0) is 33.6 Å². The molecule has 2 nitrogen and oxygen atoms in total. The third-order valence-electron chi connectivity index (χ3n) is 1.63. The third kappa shape index (κ3) is 7.51. The molecular formula is C10H18NO-. The van der Waals surface area contributed by atoms with Crippen LogP contribution in [-0.4, -0.2) is 6.54 Å². The first-order chi connectivity index (χ1) is 5.66. The monoisotopic (exact) mass is 168 g/mol. The second-order valence-corrected chi connectivity index (χ2v) is 3.22. The van der Waals surface area contributed by atoms with Gasteiger partial charge in [0.25, 0.3) is 0 Å². The summed E-state index contributed by atoms with van der Waals surface area (Å²) in [7, 11) is 0. The molecule has 0 spiro atoms. The lowest BCUT2D eigenvalue weighted by Crippen LogP contribution is -2.01. The SMILES string of the molecule is CC(C)=CCCC(C)=CCN[O-]. The highest BCUT2D eigenvalue weighted by Crippen LogP contribution is 2.05. The Bertz CT molecular complexity index is 167. The van der Waals surface area contributed by atoms with Crippen molar-refractivity contribution in [3.8, 4) is 0 Å². The predicted molar refractivity (Wildman–Crippen MR) is 53.8 cm³/mol. The molecule has 1 N–H and O–H groups in total. The molecule has 0 aliphatic rings. The van der Waals surface area contributed by atoms with Crippen LogP contribution in [0.1, 0.15) is 33.6 Å². The van der Waals surface area contributed by atoms with E-state index < -0.39 is 0 Å². The zero-order valence-corrected chi connectivity index (χ0v) is 8.18. The van der Waals surface area contributed by atoms with Crippen molar-refractivity contribution in [3.05, 3.63) is 28.5 Å². The molecule has 0 bridgehead atoms. The molecule has 0 aromatic heterocycles. The summed E-state index contributed by atoms with van der Waals surface area (Å²) in [5, 5.41) is 9.91. The molecule has 0 heterocycles. The van der Waals surface area contributed by atoms with Crippen molar-refractivity contribution >= 4 is 0 Å². The summed E-state index contributed by atoms with van der Waals surface area (Å²) in [6.45, 7) is 6.67. The summed E-state index contributed by atoms with van der Waals surface area (Å²) in [5.74, 6) is 0. The maximum absolute atomic E-state index is 9.91. The molecular weight excluding hydrogens is 150 g/mol. The molecule has 12 heavy (non-hydrogen) atoms. The van der Waals surface area contributed by atoms with Crippen LogP contribution in [0.5, 0.6) is 0 Å². The summed E-state index contributed by atoms with van der Waals surface area (Å²) in [6.07, 6.45) is 6.27. The summed E-state index contributed by atoms with van der Waals surface area (Å²) in [6, 6.07) is 0. The van der Waals surface area contributed by atoms with Gasteiger partial charge in [0.15, 0.2) is 0 Å². The molecule has 0 aromatic rings. The molecule has 70 valence electrons. The second-order valence-electron chi connectivity index (χ2n) is 3.22. The lowest BCUT2D eigenvalue weighted by atomic mass is 10.1. The zero-order chi connectivity index (χ0) is 9.40. The number of hydrogen-bond donors (Lipinski definition) is 1. The lowest BCUT2D eigenvalue weighted by molar-refractivity contribution is 0.927. The first-order valence-electron chi connectivity index (χ1n) is 4.31.